The van der Waals surface area contributed by atoms with E-state index >= 15 is 0 Å². The molecule has 0 atom stereocenters. The number of amides is 1. The lowest BCUT2D eigenvalue weighted by Gasteiger charge is -2.08. The summed E-state index contributed by atoms with van der Waals surface area (Å²) in [5.41, 5.74) is 1.98. The zero-order chi connectivity index (χ0) is 20.5. The number of halogens is 2. The molecule has 4 aromatic rings. The molecule has 0 aliphatic rings. The molecule has 2 aromatic heterocycles. The van der Waals surface area contributed by atoms with E-state index < -0.39 is 17.3 Å². The van der Waals surface area contributed by atoms with Crippen molar-refractivity contribution in [1.29, 1.82) is 0 Å². The number of fused-ring (bicyclic) bond motifs is 1. The Balaban J connectivity index is 1.65. The summed E-state index contributed by atoms with van der Waals surface area (Å²) in [4.78, 5) is 29.3. The zero-order valence-electron chi connectivity index (χ0n) is 15.1. The van der Waals surface area contributed by atoms with Crippen molar-refractivity contribution < 1.29 is 13.7 Å². The summed E-state index contributed by atoms with van der Waals surface area (Å²) in [6.45, 7) is 1.64. The molecule has 146 valence electrons. The fraction of sp³-hybridized carbons (Fsp3) is 0.100. The van der Waals surface area contributed by atoms with Crippen molar-refractivity contribution in [3.63, 3.8) is 0 Å². The van der Waals surface area contributed by atoms with E-state index in [-0.39, 0.29) is 28.4 Å². The predicted octanol–water partition coefficient (Wildman–Crippen LogP) is 3.79. The van der Waals surface area contributed by atoms with Crippen molar-refractivity contribution in [3.05, 3.63) is 75.5 Å². The third-order valence-corrected chi connectivity index (χ3v) is 4.62. The van der Waals surface area contributed by atoms with Crippen LogP contribution in [-0.2, 0) is 11.3 Å². The van der Waals surface area contributed by atoms with E-state index in [0.29, 0.717) is 11.3 Å². The third kappa shape index (κ3) is 3.74. The summed E-state index contributed by atoms with van der Waals surface area (Å²) >= 11 is 5.91. The number of rotatable bonds is 4. The lowest BCUT2D eigenvalue weighted by molar-refractivity contribution is -0.116. The van der Waals surface area contributed by atoms with E-state index in [1.807, 2.05) is 31.2 Å². The van der Waals surface area contributed by atoms with E-state index in [2.05, 4.69) is 15.5 Å². The topological polar surface area (TPSA) is 90.0 Å². The molecule has 0 aliphatic carbocycles. The fourth-order valence-electron chi connectivity index (χ4n) is 2.84. The summed E-state index contributed by atoms with van der Waals surface area (Å²) in [5, 5.41) is 6.74. The highest BCUT2D eigenvalue weighted by Crippen LogP contribution is 2.25. The van der Waals surface area contributed by atoms with Crippen molar-refractivity contribution in [2.45, 2.75) is 13.5 Å². The van der Waals surface area contributed by atoms with E-state index in [4.69, 9.17) is 16.1 Å². The van der Waals surface area contributed by atoms with Crippen LogP contribution in [0.4, 0.5) is 10.1 Å². The van der Waals surface area contributed by atoms with Crippen molar-refractivity contribution >= 4 is 34.3 Å². The average Bonchev–Trinajstić information content (AvgIpc) is 3.12. The number of benzene rings is 2. The summed E-state index contributed by atoms with van der Waals surface area (Å²) in [5.74, 6) is -1.04. The maximum Gasteiger partial charge on any atom is 0.267 e. The molecule has 0 unspecified atom stereocenters. The predicted molar refractivity (Wildman–Crippen MR) is 106 cm³/mol. The van der Waals surface area contributed by atoms with Gasteiger partial charge in [-0.05, 0) is 25.1 Å². The van der Waals surface area contributed by atoms with Crippen LogP contribution in [0.2, 0.25) is 5.02 Å². The largest absolute Gasteiger partial charge is 0.335 e. The molecule has 7 nitrogen and oxygen atoms in total. The minimum atomic E-state index is -0.519. The van der Waals surface area contributed by atoms with Gasteiger partial charge in [0.25, 0.3) is 11.3 Å². The highest BCUT2D eigenvalue weighted by atomic mass is 35.5. The molecule has 9 heteroatoms. The van der Waals surface area contributed by atoms with Crippen molar-refractivity contribution in [1.82, 2.24) is 14.7 Å². The van der Waals surface area contributed by atoms with E-state index in [1.54, 1.807) is 0 Å². The zero-order valence-corrected chi connectivity index (χ0v) is 15.9. The first-order chi connectivity index (χ1) is 13.9. The van der Waals surface area contributed by atoms with Crippen LogP contribution in [0.5, 0.6) is 0 Å². The van der Waals surface area contributed by atoms with Gasteiger partial charge in [-0.3, -0.25) is 14.2 Å². The van der Waals surface area contributed by atoms with Gasteiger partial charge in [0.1, 0.15) is 29.8 Å². The second-order valence-electron chi connectivity index (χ2n) is 6.43. The lowest BCUT2D eigenvalue weighted by atomic mass is 10.1. The Kier molecular flexibility index (Phi) is 4.85. The molecule has 2 aromatic carbocycles. The maximum atomic E-state index is 13.1. The molecular weight excluding hydrogens is 399 g/mol. The SMILES string of the molecule is Cc1ccc(-c2noc3ncn(CC(=O)Nc4ccc(F)cc4Cl)c(=O)c23)cc1. The second kappa shape index (κ2) is 7.48. The van der Waals surface area contributed by atoms with Gasteiger partial charge in [-0.15, -0.1) is 0 Å². The molecule has 0 bridgehead atoms. The van der Waals surface area contributed by atoms with Crippen molar-refractivity contribution in [2.75, 3.05) is 5.32 Å². The number of nitrogens with zero attached hydrogens (tertiary/aromatic N) is 3. The first-order valence-corrected chi connectivity index (χ1v) is 8.97. The molecule has 1 N–H and O–H groups in total. The Labute approximate surface area is 168 Å². The number of anilines is 1. The van der Waals surface area contributed by atoms with Crippen LogP contribution in [0.25, 0.3) is 22.4 Å². The average molecular weight is 413 g/mol. The molecule has 0 fully saturated rings. The minimum Gasteiger partial charge on any atom is -0.335 e. The molecule has 2 heterocycles. The smallest absolute Gasteiger partial charge is 0.267 e. The maximum absolute atomic E-state index is 13.1. The molecule has 0 spiro atoms. The van der Waals surface area contributed by atoms with Gasteiger partial charge in [0, 0.05) is 5.56 Å². The number of hydrogen-bond donors (Lipinski definition) is 1. The Bertz CT molecular complexity index is 1280. The van der Waals surface area contributed by atoms with E-state index in [0.717, 1.165) is 16.2 Å². The number of nitrogens with one attached hydrogen (secondary N) is 1. The standard InChI is InChI=1S/C20H14ClFN4O3/c1-11-2-4-12(5-3-11)18-17-19(29-25-18)23-10-26(20(17)28)9-16(27)24-15-7-6-13(22)8-14(15)21/h2-8,10H,9H2,1H3,(H,24,27). The summed E-state index contributed by atoms with van der Waals surface area (Å²) in [6, 6.07) is 11.0. The van der Waals surface area contributed by atoms with Crippen LogP contribution >= 0.6 is 11.6 Å². The third-order valence-electron chi connectivity index (χ3n) is 4.31. The van der Waals surface area contributed by atoms with Crippen molar-refractivity contribution in [3.8, 4) is 11.3 Å². The first-order valence-electron chi connectivity index (χ1n) is 8.59. The van der Waals surface area contributed by atoms with Gasteiger partial charge in [-0.1, -0.05) is 46.6 Å². The second-order valence-corrected chi connectivity index (χ2v) is 6.83. The van der Waals surface area contributed by atoms with Crippen LogP contribution < -0.4 is 10.9 Å². The number of aryl methyl sites for hydroxylation is 1. The molecular formula is C20H14ClFN4O3. The van der Waals surface area contributed by atoms with E-state index in [1.165, 1.54) is 18.5 Å². The van der Waals surface area contributed by atoms with Gasteiger partial charge in [0.15, 0.2) is 0 Å². The Hall–Kier alpha value is -3.52. The molecule has 29 heavy (non-hydrogen) atoms. The van der Waals surface area contributed by atoms with Gasteiger partial charge in [0.2, 0.25) is 5.91 Å². The quantitative estimate of drug-likeness (QED) is 0.550. The molecule has 1 amide bonds. The molecule has 0 radical (unpaired) electrons. The van der Waals surface area contributed by atoms with Gasteiger partial charge in [0.05, 0.1) is 10.7 Å². The minimum absolute atomic E-state index is 0.0555. The van der Waals surface area contributed by atoms with Crippen LogP contribution in [0, 0.1) is 12.7 Å². The number of hydrogen-bond acceptors (Lipinski definition) is 5. The normalized spacial score (nSPS) is 11.0. The van der Waals surface area contributed by atoms with E-state index in [9.17, 15) is 14.0 Å². The van der Waals surface area contributed by atoms with Crippen LogP contribution in [0.3, 0.4) is 0 Å². The van der Waals surface area contributed by atoms with Gasteiger partial charge in [-0.2, -0.15) is 0 Å². The summed E-state index contributed by atoms with van der Waals surface area (Å²) in [6.07, 6.45) is 1.21. The van der Waals surface area contributed by atoms with Crippen LogP contribution in [-0.4, -0.2) is 20.6 Å². The fourth-order valence-corrected chi connectivity index (χ4v) is 3.05. The van der Waals surface area contributed by atoms with Gasteiger partial charge >= 0.3 is 0 Å². The van der Waals surface area contributed by atoms with Crippen molar-refractivity contribution in [2.24, 2.45) is 0 Å². The van der Waals surface area contributed by atoms with Gasteiger partial charge in [-0.25, -0.2) is 9.37 Å². The number of aromatic nitrogens is 3. The lowest BCUT2D eigenvalue weighted by Crippen LogP contribution is -2.28. The summed E-state index contributed by atoms with van der Waals surface area (Å²) < 4.78 is 19.4. The Morgan fingerprint density at radius 3 is 2.72 bits per heavy atom. The number of carbonyl (C=O) groups excluding carboxylic acids is 1. The number of carbonyl (C=O) groups is 1. The van der Waals surface area contributed by atoms with Crippen LogP contribution in [0.15, 0.2) is 58.1 Å². The molecule has 0 saturated heterocycles. The molecule has 0 aliphatic heterocycles. The Morgan fingerprint density at radius 2 is 2.00 bits per heavy atom. The molecule has 0 saturated carbocycles. The monoisotopic (exact) mass is 412 g/mol. The van der Waals surface area contributed by atoms with Gasteiger partial charge < -0.3 is 9.84 Å². The van der Waals surface area contributed by atoms with Crippen LogP contribution in [0.1, 0.15) is 5.56 Å². The summed E-state index contributed by atoms with van der Waals surface area (Å²) in [7, 11) is 0. The highest BCUT2D eigenvalue weighted by Gasteiger charge is 2.18. The Morgan fingerprint density at radius 1 is 1.24 bits per heavy atom. The highest BCUT2D eigenvalue weighted by molar-refractivity contribution is 6.33. The first kappa shape index (κ1) is 18.8. The molecule has 4 rings (SSSR count).